The zero-order chi connectivity index (χ0) is 39.4. The highest BCUT2D eigenvalue weighted by Gasteiger charge is 2.50. The molecule has 302 valence electrons. The Kier molecular flexibility index (Phi) is 18.8. The molecule has 1 aliphatic rings. The summed E-state index contributed by atoms with van der Waals surface area (Å²) in [4.78, 5) is 18.5. The van der Waals surface area contributed by atoms with Crippen LogP contribution < -0.4 is 10.5 Å². The fourth-order valence-corrected chi connectivity index (χ4v) is 7.45. The summed E-state index contributed by atoms with van der Waals surface area (Å²) in [5.41, 5.74) is 5.30. The Morgan fingerprint density at radius 3 is 2.20 bits per heavy atom. The zero-order valence-corrected chi connectivity index (χ0v) is 33.0. The van der Waals surface area contributed by atoms with Crippen molar-refractivity contribution in [2.45, 2.75) is 140 Å². The van der Waals surface area contributed by atoms with Crippen LogP contribution in [0.1, 0.15) is 127 Å². The molecule has 4 N–H and O–H groups in total. The number of hydrogen-bond donors (Lipinski definition) is 3. The maximum absolute atomic E-state index is 13.0. The summed E-state index contributed by atoms with van der Waals surface area (Å²) in [7, 11) is -4.69. The number of unbranched alkanes of at least 4 members (excludes halogenated alkanes) is 15. The molecule has 1 aliphatic heterocycles. The van der Waals surface area contributed by atoms with Gasteiger partial charge in [-0.05, 0) is 30.7 Å². The number of fused-ring (bicyclic) bond motifs is 1. The van der Waals surface area contributed by atoms with Crippen LogP contribution in [-0.2, 0) is 28.7 Å². The summed E-state index contributed by atoms with van der Waals surface area (Å²) in [6, 6.07) is 10.4. The fraction of sp³-hybridized carbons (Fsp3) is 0.667. The fourth-order valence-electron chi connectivity index (χ4n) is 6.68. The molecule has 4 rings (SSSR count). The lowest BCUT2D eigenvalue weighted by molar-refractivity contribution is -0.0540. The van der Waals surface area contributed by atoms with Gasteiger partial charge in [-0.2, -0.15) is 15.6 Å². The Hall–Kier alpha value is -3.66. The van der Waals surface area contributed by atoms with Crippen LogP contribution in [0, 0.1) is 22.7 Å². The summed E-state index contributed by atoms with van der Waals surface area (Å²) >= 11 is 0. The van der Waals surface area contributed by atoms with Crippen LogP contribution in [-0.4, -0.2) is 74.3 Å². The predicted octanol–water partition coefficient (Wildman–Crippen LogP) is 7.31. The molecule has 3 aromatic rings. The number of nitrogens with zero attached hydrogens (tertiary/aromatic N) is 6. The molecular formula is C39H58N7O8P. The van der Waals surface area contributed by atoms with E-state index in [4.69, 9.17) is 34.3 Å². The highest BCUT2D eigenvalue weighted by Crippen LogP contribution is 2.46. The average Bonchev–Trinajstić information content (AvgIpc) is 3.78. The van der Waals surface area contributed by atoms with Gasteiger partial charge in [-0.1, -0.05) is 103 Å². The van der Waals surface area contributed by atoms with Gasteiger partial charge in [-0.25, -0.2) is 19.0 Å². The molecule has 3 aromatic heterocycles. The Balaban J connectivity index is 1.16. The van der Waals surface area contributed by atoms with Crippen LogP contribution in [0.2, 0.25) is 0 Å². The molecule has 0 amide bonds. The second-order valence-corrected chi connectivity index (χ2v) is 15.7. The lowest BCUT2D eigenvalue weighted by Crippen LogP contribution is -2.30. The summed E-state index contributed by atoms with van der Waals surface area (Å²) in [5.74, 6) is 0.530. The van der Waals surface area contributed by atoms with Crippen molar-refractivity contribution in [2.75, 3.05) is 32.2 Å². The molecule has 1 saturated heterocycles. The second-order valence-electron chi connectivity index (χ2n) is 14.2. The van der Waals surface area contributed by atoms with E-state index in [2.05, 4.69) is 28.1 Å². The third-order valence-electron chi connectivity index (χ3n) is 9.78. The van der Waals surface area contributed by atoms with E-state index in [1.807, 2.05) is 6.07 Å². The molecule has 4 heterocycles. The van der Waals surface area contributed by atoms with Gasteiger partial charge in [-0.15, -0.1) is 0 Å². The van der Waals surface area contributed by atoms with Gasteiger partial charge in [0.15, 0.2) is 11.4 Å². The molecule has 55 heavy (non-hydrogen) atoms. The predicted molar refractivity (Wildman–Crippen MR) is 206 cm³/mol. The highest BCUT2D eigenvalue weighted by atomic mass is 31.2. The second kappa shape index (κ2) is 23.4. The Labute approximate surface area is 324 Å². The van der Waals surface area contributed by atoms with E-state index in [1.54, 1.807) is 18.2 Å². The number of phosphoric acid groups is 1. The summed E-state index contributed by atoms with van der Waals surface area (Å²) in [6.07, 6.45) is 19.8. The van der Waals surface area contributed by atoms with E-state index in [9.17, 15) is 19.8 Å². The van der Waals surface area contributed by atoms with Crippen LogP contribution >= 0.6 is 7.82 Å². The summed E-state index contributed by atoms with van der Waals surface area (Å²) < 4.78 is 42.6. The van der Waals surface area contributed by atoms with Crippen LogP contribution in [0.5, 0.6) is 5.75 Å². The third-order valence-corrected chi connectivity index (χ3v) is 10.7. The number of nitriles is 2. The van der Waals surface area contributed by atoms with Gasteiger partial charge in [0, 0.05) is 13.0 Å². The SMILES string of the molecule is CCCCCCCCCCCCCCCCCCOC[C@H](COP(=O)(O)OC[C@H]1O[C@@](C#N)(c2ccc3c(N)ncnn23)C[C@@H]1O)Oc1ccc(C#N)nc1. The Morgan fingerprint density at radius 2 is 1.60 bits per heavy atom. The van der Waals surface area contributed by atoms with Crippen LogP contribution in [0.4, 0.5) is 5.82 Å². The number of anilines is 1. The number of aliphatic hydroxyl groups excluding tert-OH is 1. The minimum Gasteiger partial charge on any atom is -0.484 e. The van der Waals surface area contributed by atoms with Gasteiger partial charge in [0.05, 0.1) is 37.8 Å². The number of aliphatic hydroxyl groups is 1. The molecule has 0 spiro atoms. The molecule has 1 unspecified atom stereocenters. The zero-order valence-electron chi connectivity index (χ0n) is 32.1. The molecule has 1 fully saturated rings. The number of rotatable bonds is 28. The van der Waals surface area contributed by atoms with Crippen LogP contribution in [0.3, 0.4) is 0 Å². The first-order valence-corrected chi connectivity index (χ1v) is 21.3. The molecule has 0 aliphatic carbocycles. The molecule has 5 atom stereocenters. The first kappa shape index (κ1) is 44.1. The standard InChI is InChI=1S/C39H58N7O8P/c1-2-3-4-5-6-7-8-9-10-11-12-13-14-15-16-17-22-50-26-33(53-32-19-18-31(24-40)43-25-32)27-51-55(48,49)52-28-36-35(47)23-39(29-41,54-36)37-21-20-34-38(42)44-30-45-46(34)37/h18-21,25,30,33,35-36,47H,2-17,22-23,26-28H2,1H3,(H,48,49)(H2,42,44,45)/t33-,35+,36-,39+/m1/s1. The minimum absolute atomic E-state index is 0.0627. The molecule has 0 aromatic carbocycles. The van der Waals surface area contributed by atoms with Crippen molar-refractivity contribution in [3.63, 3.8) is 0 Å². The van der Waals surface area contributed by atoms with Gasteiger partial charge < -0.3 is 29.9 Å². The molecule has 0 bridgehead atoms. The lowest BCUT2D eigenvalue weighted by Gasteiger charge is -2.23. The Bertz CT molecular complexity index is 1700. The van der Waals surface area contributed by atoms with Crippen molar-refractivity contribution in [2.24, 2.45) is 0 Å². The smallest absolute Gasteiger partial charge is 0.472 e. The van der Waals surface area contributed by atoms with E-state index < -0.39 is 38.3 Å². The van der Waals surface area contributed by atoms with E-state index >= 15 is 0 Å². The number of nitrogen functional groups attached to an aromatic ring is 1. The van der Waals surface area contributed by atoms with Crippen molar-refractivity contribution >= 4 is 19.2 Å². The van der Waals surface area contributed by atoms with Gasteiger partial charge in [0.1, 0.15) is 47.6 Å². The highest BCUT2D eigenvalue weighted by molar-refractivity contribution is 7.47. The number of pyridine rings is 1. The van der Waals surface area contributed by atoms with Crippen molar-refractivity contribution in [3.8, 4) is 17.9 Å². The first-order valence-electron chi connectivity index (χ1n) is 19.8. The monoisotopic (exact) mass is 783 g/mol. The van der Waals surface area contributed by atoms with Crippen molar-refractivity contribution < 1.29 is 37.8 Å². The molecule has 0 radical (unpaired) electrons. The average molecular weight is 784 g/mol. The first-order chi connectivity index (χ1) is 26.7. The molecule has 15 nitrogen and oxygen atoms in total. The molecule has 0 saturated carbocycles. The maximum Gasteiger partial charge on any atom is 0.472 e. The van der Waals surface area contributed by atoms with Crippen molar-refractivity contribution in [1.82, 2.24) is 19.6 Å². The van der Waals surface area contributed by atoms with Crippen LogP contribution in [0.15, 0.2) is 36.8 Å². The Morgan fingerprint density at radius 1 is 0.945 bits per heavy atom. The van der Waals surface area contributed by atoms with E-state index in [0.29, 0.717) is 23.6 Å². The normalized spacial score (nSPS) is 19.9. The molecular weight excluding hydrogens is 725 g/mol. The van der Waals surface area contributed by atoms with Crippen molar-refractivity contribution in [1.29, 1.82) is 10.5 Å². The third kappa shape index (κ3) is 14.4. The quantitative estimate of drug-likeness (QED) is 0.0486. The largest absolute Gasteiger partial charge is 0.484 e. The van der Waals surface area contributed by atoms with Gasteiger partial charge in [-0.3, -0.25) is 9.05 Å². The number of phosphoric ester groups is 1. The van der Waals surface area contributed by atoms with Crippen molar-refractivity contribution in [3.05, 3.63) is 48.2 Å². The number of aromatic nitrogens is 4. The van der Waals surface area contributed by atoms with Crippen LogP contribution in [0.25, 0.3) is 5.52 Å². The lowest BCUT2D eigenvalue weighted by atomic mass is 9.96. The van der Waals surface area contributed by atoms with E-state index in [1.165, 1.54) is 107 Å². The number of hydrogen-bond acceptors (Lipinski definition) is 13. The number of nitrogens with two attached hydrogens (primary N) is 1. The summed E-state index contributed by atoms with van der Waals surface area (Å²) in [6.45, 7) is 1.89. The summed E-state index contributed by atoms with van der Waals surface area (Å²) in [5, 5.41) is 34.1. The van der Waals surface area contributed by atoms with Gasteiger partial charge >= 0.3 is 7.82 Å². The van der Waals surface area contributed by atoms with Gasteiger partial charge in [0.25, 0.3) is 0 Å². The maximum atomic E-state index is 13.0. The van der Waals surface area contributed by atoms with E-state index in [0.717, 1.165) is 19.3 Å². The van der Waals surface area contributed by atoms with E-state index in [-0.39, 0.29) is 31.1 Å². The van der Waals surface area contributed by atoms with Gasteiger partial charge in [0.2, 0.25) is 0 Å². The topological polar surface area (TPSA) is 220 Å². The number of ether oxygens (including phenoxy) is 3. The molecule has 16 heteroatoms. The minimum atomic E-state index is -4.69.